The van der Waals surface area contributed by atoms with Crippen molar-refractivity contribution in [3.05, 3.63) is 0 Å². The van der Waals surface area contributed by atoms with Crippen LogP contribution in [0.25, 0.3) is 0 Å². The average Bonchev–Trinajstić information content (AvgIpc) is 3.03. The molecule has 0 N–H and O–H groups in total. The van der Waals surface area contributed by atoms with Gasteiger partial charge in [-0.2, -0.15) is 0 Å². The van der Waals surface area contributed by atoms with Crippen LogP contribution in [-0.4, -0.2) is 42.8 Å². The van der Waals surface area contributed by atoms with E-state index in [1.807, 2.05) is 6.92 Å². The smallest absolute Gasteiger partial charge is 0.410 e. The van der Waals surface area contributed by atoms with Crippen LogP contribution in [0.1, 0.15) is 78.1 Å². The number of likely N-dealkylation sites (tertiary alicyclic amines) is 1. The zero-order chi connectivity index (χ0) is 16.9. The zero-order valence-electron chi connectivity index (χ0n) is 14.8. The van der Waals surface area contributed by atoms with Crippen molar-refractivity contribution in [3.8, 4) is 0 Å². The second-order valence-corrected chi connectivity index (χ2v) is 6.25. The summed E-state index contributed by atoms with van der Waals surface area (Å²) < 4.78 is 10.6. The molecule has 1 aliphatic rings. The number of nitrogens with zero attached hydrogens (tertiary/aromatic N) is 1. The fourth-order valence-corrected chi connectivity index (χ4v) is 2.77. The number of ether oxygens (including phenoxy) is 2. The standard InChI is InChI=1S/C18H33NO4/c1-3-5-7-8-9-10-15-22-17(20)16-12-11-13-19(16)18(21)23-14-6-4-2/h16H,3-15H2,1-2H3/t16-/m0/s1. The van der Waals surface area contributed by atoms with Crippen LogP contribution >= 0.6 is 0 Å². The molecule has 0 aliphatic carbocycles. The van der Waals surface area contributed by atoms with Crippen molar-refractivity contribution < 1.29 is 19.1 Å². The Balaban J connectivity index is 2.21. The molecular formula is C18H33NO4. The van der Waals surface area contributed by atoms with Gasteiger partial charge >= 0.3 is 12.1 Å². The summed E-state index contributed by atoms with van der Waals surface area (Å²) in [6, 6.07) is -0.454. The molecule has 0 saturated carbocycles. The summed E-state index contributed by atoms with van der Waals surface area (Å²) in [6.07, 6.45) is 9.94. The van der Waals surface area contributed by atoms with Crippen LogP contribution in [0.15, 0.2) is 0 Å². The number of rotatable bonds is 11. The minimum Gasteiger partial charge on any atom is -0.464 e. The van der Waals surface area contributed by atoms with Crippen LogP contribution in [0.5, 0.6) is 0 Å². The number of carbonyl (C=O) groups excluding carboxylic acids is 2. The summed E-state index contributed by atoms with van der Waals surface area (Å²) in [5.41, 5.74) is 0. The highest BCUT2D eigenvalue weighted by molar-refractivity contribution is 5.82. The van der Waals surface area contributed by atoms with E-state index in [9.17, 15) is 9.59 Å². The molecule has 1 saturated heterocycles. The number of unbranched alkanes of at least 4 members (excludes halogenated alkanes) is 6. The quantitative estimate of drug-likeness (QED) is 0.419. The molecule has 5 heteroatoms. The second-order valence-electron chi connectivity index (χ2n) is 6.25. The predicted octanol–water partition coefficient (Wildman–Crippen LogP) is 4.29. The number of esters is 1. The van der Waals surface area contributed by atoms with Crippen molar-refractivity contribution in [3.63, 3.8) is 0 Å². The highest BCUT2D eigenvalue weighted by Crippen LogP contribution is 2.20. The topological polar surface area (TPSA) is 55.8 Å². The summed E-state index contributed by atoms with van der Waals surface area (Å²) in [5, 5.41) is 0. The number of amides is 1. The summed E-state index contributed by atoms with van der Waals surface area (Å²) in [6.45, 7) is 5.71. The Kier molecular flexibility index (Phi) is 10.5. The first kappa shape index (κ1) is 19.8. The van der Waals surface area contributed by atoms with Gasteiger partial charge in [0.25, 0.3) is 0 Å². The number of hydrogen-bond acceptors (Lipinski definition) is 4. The van der Waals surface area contributed by atoms with E-state index in [1.54, 1.807) is 0 Å². The van der Waals surface area contributed by atoms with Crippen LogP contribution in [0.3, 0.4) is 0 Å². The summed E-state index contributed by atoms with van der Waals surface area (Å²) >= 11 is 0. The van der Waals surface area contributed by atoms with Crippen LogP contribution in [0.4, 0.5) is 4.79 Å². The Bertz CT molecular complexity index is 346. The minimum absolute atomic E-state index is 0.275. The second kappa shape index (κ2) is 12.2. The van der Waals surface area contributed by atoms with E-state index in [0.29, 0.717) is 26.2 Å². The van der Waals surface area contributed by atoms with Crippen molar-refractivity contribution in [2.45, 2.75) is 84.1 Å². The van der Waals surface area contributed by atoms with Gasteiger partial charge in [0.05, 0.1) is 13.2 Å². The maximum atomic E-state index is 12.2. The molecule has 1 fully saturated rings. The van der Waals surface area contributed by atoms with Gasteiger partial charge in [0.1, 0.15) is 6.04 Å². The highest BCUT2D eigenvalue weighted by Gasteiger charge is 2.36. The van der Waals surface area contributed by atoms with Gasteiger partial charge in [0.15, 0.2) is 0 Å². The molecule has 0 aromatic rings. The van der Waals surface area contributed by atoms with Gasteiger partial charge in [-0.25, -0.2) is 9.59 Å². The van der Waals surface area contributed by atoms with Gasteiger partial charge in [-0.1, -0.05) is 52.4 Å². The maximum Gasteiger partial charge on any atom is 0.410 e. The molecule has 0 bridgehead atoms. The third-order valence-corrected chi connectivity index (χ3v) is 4.23. The normalized spacial score (nSPS) is 17.3. The lowest BCUT2D eigenvalue weighted by molar-refractivity contribution is -0.148. The highest BCUT2D eigenvalue weighted by atomic mass is 16.6. The molecular weight excluding hydrogens is 294 g/mol. The summed E-state index contributed by atoms with van der Waals surface area (Å²) in [4.78, 5) is 25.7. The largest absolute Gasteiger partial charge is 0.464 e. The van der Waals surface area contributed by atoms with Gasteiger partial charge in [-0.3, -0.25) is 4.90 Å². The van der Waals surface area contributed by atoms with Crippen molar-refractivity contribution >= 4 is 12.1 Å². The Morgan fingerprint density at radius 1 is 0.913 bits per heavy atom. The molecule has 1 rings (SSSR count). The van der Waals surface area contributed by atoms with E-state index < -0.39 is 6.04 Å². The molecule has 0 aromatic carbocycles. The Labute approximate surface area is 140 Å². The lowest BCUT2D eigenvalue weighted by atomic mass is 10.1. The molecule has 1 aliphatic heterocycles. The van der Waals surface area contributed by atoms with Gasteiger partial charge < -0.3 is 9.47 Å². The first-order valence-corrected chi connectivity index (χ1v) is 9.30. The molecule has 0 spiro atoms. The Morgan fingerprint density at radius 3 is 2.30 bits per heavy atom. The van der Waals surface area contributed by atoms with Crippen LogP contribution in [0.2, 0.25) is 0 Å². The summed E-state index contributed by atoms with van der Waals surface area (Å²) in [5.74, 6) is -0.275. The molecule has 5 nitrogen and oxygen atoms in total. The average molecular weight is 327 g/mol. The maximum absolute atomic E-state index is 12.2. The molecule has 134 valence electrons. The molecule has 1 amide bonds. The predicted molar refractivity (Wildman–Crippen MR) is 90.3 cm³/mol. The molecule has 0 unspecified atom stereocenters. The van der Waals surface area contributed by atoms with E-state index in [2.05, 4.69) is 6.92 Å². The van der Waals surface area contributed by atoms with E-state index >= 15 is 0 Å². The van der Waals surface area contributed by atoms with Crippen molar-refractivity contribution in [1.82, 2.24) is 4.90 Å². The van der Waals surface area contributed by atoms with Gasteiger partial charge in [0.2, 0.25) is 0 Å². The fourth-order valence-electron chi connectivity index (χ4n) is 2.77. The Hall–Kier alpha value is -1.26. The Morgan fingerprint density at radius 2 is 1.57 bits per heavy atom. The third kappa shape index (κ3) is 7.71. The zero-order valence-corrected chi connectivity index (χ0v) is 14.8. The van der Waals surface area contributed by atoms with Crippen molar-refractivity contribution in [1.29, 1.82) is 0 Å². The molecule has 0 radical (unpaired) electrons. The minimum atomic E-state index is -0.454. The lowest BCUT2D eigenvalue weighted by Gasteiger charge is -2.22. The fraction of sp³-hybridized carbons (Fsp3) is 0.889. The summed E-state index contributed by atoms with van der Waals surface area (Å²) in [7, 11) is 0. The van der Waals surface area contributed by atoms with Crippen LogP contribution < -0.4 is 0 Å². The molecule has 1 atom stereocenters. The van der Waals surface area contributed by atoms with Crippen molar-refractivity contribution in [2.75, 3.05) is 19.8 Å². The third-order valence-electron chi connectivity index (χ3n) is 4.23. The van der Waals surface area contributed by atoms with Crippen LogP contribution in [-0.2, 0) is 14.3 Å². The monoisotopic (exact) mass is 327 g/mol. The van der Waals surface area contributed by atoms with Gasteiger partial charge in [-0.05, 0) is 25.7 Å². The number of hydrogen-bond donors (Lipinski definition) is 0. The van der Waals surface area contributed by atoms with E-state index in [0.717, 1.165) is 32.1 Å². The van der Waals surface area contributed by atoms with Gasteiger partial charge in [0, 0.05) is 6.54 Å². The van der Waals surface area contributed by atoms with E-state index in [-0.39, 0.29) is 12.1 Å². The van der Waals surface area contributed by atoms with Crippen molar-refractivity contribution in [2.24, 2.45) is 0 Å². The SMILES string of the molecule is CCCCCCCCOC(=O)[C@@H]1CCCN1C(=O)OCCCC. The molecule has 23 heavy (non-hydrogen) atoms. The lowest BCUT2D eigenvalue weighted by Crippen LogP contribution is -2.41. The number of carbonyl (C=O) groups is 2. The first-order chi connectivity index (χ1) is 11.2. The van der Waals surface area contributed by atoms with Crippen LogP contribution in [0, 0.1) is 0 Å². The van der Waals surface area contributed by atoms with Gasteiger partial charge in [-0.15, -0.1) is 0 Å². The molecule has 1 heterocycles. The molecule has 0 aromatic heterocycles. The van der Waals surface area contributed by atoms with E-state index in [1.165, 1.54) is 30.6 Å². The first-order valence-electron chi connectivity index (χ1n) is 9.30. The van der Waals surface area contributed by atoms with E-state index in [4.69, 9.17) is 9.47 Å².